The molecule has 0 spiro atoms. The van der Waals surface area contributed by atoms with Gasteiger partial charge in [-0.15, -0.1) is 0 Å². The molecule has 1 aliphatic rings. The Morgan fingerprint density at radius 2 is 2.10 bits per heavy atom. The van der Waals surface area contributed by atoms with Crippen LogP contribution in [0.2, 0.25) is 10.0 Å². The molecule has 0 amide bonds. The highest BCUT2D eigenvalue weighted by Gasteiger charge is 2.28. The second-order valence-electron chi connectivity index (χ2n) is 5.39. The van der Waals surface area contributed by atoms with E-state index in [0.29, 0.717) is 17.6 Å². The first-order chi connectivity index (χ1) is 9.56. The zero-order valence-corrected chi connectivity index (χ0v) is 13.7. The average molecular weight is 316 g/mol. The molecule has 2 rings (SSSR count). The lowest BCUT2D eigenvalue weighted by Crippen LogP contribution is -2.53. The molecule has 0 radical (unpaired) electrons. The van der Waals surface area contributed by atoms with Crippen LogP contribution < -0.4 is 5.73 Å². The summed E-state index contributed by atoms with van der Waals surface area (Å²) in [4.78, 5) is 4.91. The van der Waals surface area contributed by atoms with Crippen molar-refractivity contribution in [3.8, 4) is 0 Å². The summed E-state index contributed by atoms with van der Waals surface area (Å²) < 4.78 is 0. The smallest absolute Gasteiger partial charge is 0.0486 e. The van der Waals surface area contributed by atoms with Crippen LogP contribution in [0.25, 0.3) is 0 Å². The summed E-state index contributed by atoms with van der Waals surface area (Å²) in [7, 11) is 0. The van der Waals surface area contributed by atoms with Gasteiger partial charge in [0.2, 0.25) is 0 Å². The van der Waals surface area contributed by atoms with Crippen molar-refractivity contribution in [1.82, 2.24) is 9.80 Å². The van der Waals surface area contributed by atoms with Crippen LogP contribution in [0.1, 0.15) is 25.5 Å². The highest BCUT2D eigenvalue weighted by atomic mass is 35.5. The number of nitrogens with zero attached hydrogens (tertiary/aromatic N) is 2. The Bertz CT molecular complexity index is 453. The fraction of sp³-hybridized carbons (Fsp3) is 0.600. The summed E-state index contributed by atoms with van der Waals surface area (Å²) in [5.74, 6) is 0. The van der Waals surface area contributed by atoms with E-state index < -0.39 is 0 Å². The maximum atomic E-state index is 6.33. The van der Waals surface area contributed by atoms with Crippen LogP contribution in [0.3, 0.4) is 0 Å². The van der Waals surface area contributed by atoms with E-state index in [4.69, 9.17) is 28.9 Å². The van der Waals surface area contributed by atoms with Crippen molar-refractivity contribution in [1.29, 1.82) is 0 Å². The zero-order chi connectivity index (χ0) is 14.7. The van der Waals surface area contributed by atoms with Gasteiger partial charge >= 0.3 is 0 Å². The first kappa shape index (κ1) is 16.1. The molecular formula is C15H23Cl2N3. The number of hydrogen-bond donors (Lipinski definition) is 1. The minimum absolute atomic E-state index is 0.141. The predicted molar refractivity (Wildman–Crippen MR) is 86.5 cm³/mol. The van der Waals surface area contributed by atoms with Gasteiger partial charge in [0.15, 0.2) is 0 Å². The number of nitrogens with two attached hydrogens (primary N) is 1. The van der Waals surface area contributed by atoms with Crippen LogP contribution in [-0.2, 0) is 0 Å². The lowest BCUT2D eigenvalue weighted by molar-refractivity contribution is 0.0607. The fourth-order valence-electron chi connectivity index (χ4n) is 3.02. The number of hydrogen-bond acceptors (Lipinski definition) is 3. The summed E-state index contributed by atoms with van der Waals surface area (Å²) in [6.45, 7) is 9.23. The lowest BCUT2D eigenvalue weighted by atomic mass is 10.0. The highest BCUT2D eigenvalue weighted by Crippen LogP contribution is 2.30. The van der Waals surface area contributed by atoms with Crippen LogP contribution in [0.15, 0.2) is 18.2 Å². The SMILES string of the molecule is CCN1CCN(C(CN)c2cc(Cl)ccc2Cl)CC1C. The van der Waals surface area contributed by atoms with Gasteiger partial charge in [-0.05, 0) is 37.2 Å². The molecule has 1 saturated heterocycles. The molecule has 1 aromatic carbocycles. The summed E-state index contributed by atoms with van der Waals surface area (Å²) in [5, 5.41) is 1.46. The molecule has 112 valence electrons. The number of rotatable bonds is 4. The Morgan fingerprint density at radius 1 is 1.35 bits per heavy atom. The largest absolute Gasteiger partial charge is 0.329 e. The molecule has 1 fully saturated rings. The summed E-state index contributed by atoms with van der Waals surface area (Å²) in [6.07, 6.45) is 0. The third kappa shape index (κ3) is 3.46. The van der Waals surface area contributed by atoms with Crippen molar-refractivity contribution in [3.05, 3.63) is 33.8 Å². The van der Waals surface area contributed by atoms with Crippen LogP contribution in [0.4, 0.5) is 0 Å². The van der Waals surface area contributed by atoms with Crippen molar-refractivity contribution in [2.24, 2.45) is 5.73 Å². The van der Waals surface area contributed by atoms with Crippen molar-refractivity contribution in [2.75, 3.05) is 32.7 Å². The van der Waals surface area contributed by atoms with Gasteiger partial charge in [0.1, 0.15) is 0 Å². The number of benzene rings is 1. The first-order valence-corrected chi connectivity index (χ1v) is 7.95. The Balaban J connectivity index is 2.18. The zero-order valence-electron chi connectivity index (χ0n) is 12.1. The van der Waals surface area contributed by atoms with Gasteiger partial charge in [-0.2, -0.15) is 0 Å². The number of piperazine rings is 1. The summed E-state index contributed by atoms with van der Waals surface area (Å²) >= 11 is 12.4. The maximum absolute atomic E-state index is 6.33. The van der Waals surface area contributed by atoms with Gasteiger partial charge in [0, 0.05) is 48.3 Å². The molecule has 0 saturated carbocycles. The molecule has 1 heterocycles. The Morgan fingerprint density at radius 3 is 2.70 bits per heavy atom. The van der Waals surface area contributed by atoms with Crippen LogP contribution in [0, 0.1) is 0 Å². The Hall–Kier alpha value is -0.320. The highest BCUT2D eigenvalue weighted by molar-refractivity contribution is 6.33. The van der Waals surface area contributed by atoms with Crippen molar-refractivity contribution >= 4 is 23.2 Å². The van der Waals surface area contributed by atoms with E-state index in [2.05, 4.69) is 23.6 Å². The molecular weight excluding hydrogens is 293 g/mol. The monoisotopic (exact) mass is 315 g/mol. The van der Waals surface area contributed by atoms with Gasteiger partial charge in [-0.1, -0.05) is 30.1 Å². The van der Waals surface area contributed by atoms with Gasteiger partial charge in [-0.25, -0.2) is 0 Å². The minimum Gasteiger partial charge on any atom is -0.329 e. The van der Waals surface area contributed by atoms with Crippen LogP contribution in [-0.4, -0.2) is 48.6 Å². The molecule has 2 unspecified atom stereocenters. The normalized spacial score (nSPS) is 22.9. The van der Waals surface area contributed by atoms with E-state index >= 15 is 0 Å². The van der Waals surface area contributed by atoms with Gasteiger partial charge < -0.3 is 5.73 Å². The Labute approximate surface area is 131 Å². The van der Waals surface area contributed by atoms with Crippen LogP contribution >= 0.6 is 23.2 Å². The average Bonchev–Trinajstić information content (AvgIpc) is 2.44. The van der Waals surface area contributed by atoms with E-state index in [9.17, 15) is 0 Å². The lowest BCUT2D eigenvalue weighted by Gasteiger charge is -2.43. The van der Waals surface area contributed by atoms with Gasteiger partial charge in [0.05, 0.1) is 0 Å². The van der Waals surface area contributed by atoms with E-state index in [1.165, 1.54) is 0 Å². The molecule has 5 heteroatoms. The fourth-order valence-corrected chi connectivity index (χ4v) is 3.44. The number of likely N-dealkylation sites (N-methyl/N-ethyl adjacent to an activating group) is 1. The first-order valence-electron chi connectivity index (χ1n) is 7.20. The molecule has 0 aliphatic carbocycles. The summed E-state index contributed by atoms with van der Waals surface area (Å²) in [5.41, 5.74) is 7.05. The standard InChI is InChI=1S/C15H23Cl2N3/c1-3-19-6-7-20(10-11(19)2)15(9-18)13-8-12(16)4-5-14(13)17/h4-5,8,11,15H,3,6-7,9-10,18H2,1-2H3. The Kier molecular flexibility index (Phi) is 5.70. The quantitative estimate of drug-likeness (QED) is 0.927. The van der Waals surface area contributed by atoms with Crippen molar-refractivity contribution in [2.45, 2.75) is 25.9 Å². The third-order valence-electron chi connectivity index (χ3n) is 4.18. The molecule has 0 aromatic heterocycles. The van der Waals surface area contributed by atoms with E-state index in [-0.39, 0.29) is 6.04 Å². The van der Waals surface area contributed by atoms with E-state index in [1.54, 1.807) is 0 Å². The topological polar surface area (TPSA) is 32.5 Å². The maximum Gasteiger partial charge on any atom is 0.0486 e. The molecule has 2 atom stereocenters. The van der Waals surface area contributed by atoms with Crippen molar-refractivity contribution in [3.63, 3.8) is 0 Å². The van der Waals surface area contributed by atoms with Crippen LogP contribution in [0.5, 0.6) is 0 Å². The van der Waals surface area contributed by atoms with E-state index in [1.807, 2.05) is 18.2 Å². The van der Waals surface area contributed by atoms with E-state index in [0.717, 1.165) is 36.8 Å². The molecule has 0 bridgehead atoms. The molecule has 20 heavy (non-hydrogen) atoms. The van der Waals surface area contributed by atoms with Gasteiger partial charge in [-0.3, -0.25) is 9.80 Å². The second-order valence-corrected chi connectivity index (χ2v) is 6.23. The molecule has 1 aromatic rings. The molecule has 2 N–H and O–H groups in total. The molecule has 3 nitrogen and oxygen atoms in total. The summed E-state index contributed by atoms with van der Waals surface area (Å²) in [6, 6.07) is 6.30. The third-order valence-corrected chi connectivity index (χ3v) is 4.76. The number of halogens is 2. The predicted octanol–water partition coefficient (Wildman–Crippen LogP) is 3.02. The molecule has 1 aliphatic heterocycles. The second kappa shape index (κ2) is 7.10. The van der Waals surface area contributed by atoms with Gasteiger partial charge in [0.25, 0.3) is 0 Å². The minimum atomic E-state index is 0.141. The van der Waals surface area contributed by atoms with Crippen molar-refractivity contribution < 1.29 is 0 Å².